The van der Waals surface area contributed by atoms with E-state index in [-0.39, 0.29) is 0 Å². The molecule has 5 heteroatoms. The van der Waals surface area contributed by atoms with Gasteiger partial charge in [0.15, 0.2) is 0 Å². The van der Waals surface area contributed by atoms with Crippen molar-refractivity contribution < 1.29 is 4.79 Å². The van der Waals surface area contributed by atoms with Crippen LogP contribution in [0.25, 0.3) is 11.4 Å². The van der Waals surface area contributed by atoms with Gasteiger partial charge in [-0.3, -0.25) is 4.98 Å². The minimum Gasteiger partial charge on any atom is -0.340 e. The van der Waals surface area contributed by atoms with Crippen LogP contribution in [-0.2, 0) is 11.2 Å². The minimum absolute atomic E-state index is 0.312. The Labute approximate surface area is 100 Å². The third-order valence-corrected chi connectivity index (χ3v) is 1.85. The Morgan fingerprint density at radius 3 is 2.76 bits per heavy atom. The van der Waals surface area contributed by atoms with Crippen molar-refractivity contribution in [3.05, 3.63) is 36.4 Å². The first-order valence-corrected chi connectivity index (χ1v) is 5.40. The molecule has 17 heavy (non-hydrogen) atoms. The van der Waals surface area contributed by atoms with Crippen molar-refractivity contribution in [1.82, 2.24) is 15.0 Å². The molecule has 5 nitrogen and oxygen atoms in total. The molecule has 0 aliphatic rings. The van der Waals surface area contributed by atoms with Gasteiger partial charge >= 0.3 is 0 Å². The SMILES string of the molecule is CCN.O=CCc1ncc(-c2ccccn2)[nH]1. The molecule has 0 saturated carbocycles. The van der Waals surface area contributed by atoms with Gasteiger partial charge in [0.2, 0.25) is 0 Å². The number of rotatable bonds is 3. The van der Waals surface area contributed by atoms with E-state index < -0.39 is 0 Å². The Hall–Kier alpha value is -2.01. The van der Waals surface area contributed by atoms with Crippen molar-refractivity contribution >= 4 is 6.29 Å². The lowest BCUT2D eigenvalue weighted by Gasteiger charge is -1.93. The second kappa shape index (κ2) is 7.29. The number of carbonyl (C=O) groups excluding carboxylic acids is 1. The van der Waals surface area contributed by atoms with Gasteiger partial charge in [-0.1, -0.05) is 13.0 Å². The van der Waals surface area contributed by atoms with Crippen LogP contribution in [0.1, 0.15) is 12.7 Å². The number of carbonyl (C=O) groups is 1. The molecule has 0 radical (unpaired) electrons. The summed E-state index contributed by atoms with van der Waals surface area (Å²) in [6.07, 6.45) is 4.53. The molecule has 3 N–H and O–H groups in total. The fourth-order valence-electron chi connectivity index (χ4n) is 1.20. The van der Waals surface area contributed by atoms with Gasteiger partial charge in [-0.2, -0.15) is 0 Å². The summed E-state index contributed by atoms with van der Waals surface area (Å²) in [5, 5.41) is 0. The number of imidazole rings is 1. The lowest BCUT2D eigenvalue weighted by molar-refractivity contribution is -0.107. The summed E-state index contributed by atoms with van der Waals surface area (Å²) >= 11 is 0. The second-order valence-corrected chi connectivity index (χ2v) is 3.24. The minimum atomic E-state index is 0.312. The molecule has 2 aromatic rings. The van der Waals surface area contributed by atoms with Crippen LogP contribution in [0.3, 0.4) is 0 Å². The van der Waals surface area contributed by atoms with Gasteiger partial charge in [0.1, 0.15) is 12.1 Å². The zero-order chi connectivity index (χ0) is 12.5. The summed E-state index contributed by atoms with van der Waals surface area (Å²) in [5.41, 5.74) is 6.51. The number of pyridine rings is 1. The monoisotopic (exact) mass is 232 g/mol. The summed E-state index contributed by atoms with van der Waals surface area (Å²) < 4.78 is 0. The number of H-pyrrole nitrogens is 1. The molecule has 0 atom stereocenters. The van der Waals surface area contributed by atoms with E-state index in [1.807, 2.05) is 25.1 Å². The molecule has 0 unspecified atom stereocenters. The molecule has 0 aliphatic heterocycles. The van der Waals surface area contributed by atoms with Crippen molar-refractivity contribution in [2.45, 2.75) is 13.3 Å². The molecule has 2 heterocycles. The molecule has 2 rings (SSSR count). The molecular formula is C12H16N4O. The van der Waals surface area contributed by atoms with E-state index in [9.17, 15) is 4.79 Å². The van der Waals surface area contributed by atoms with Crippen LogP contribution in [0.4, 0.5) is 0 Å². The number of aromatic amines is 1. The van der Waals surface area contributed by atoms with Gasteiger partial charge in [-0.05, 0) is 18.7 Å². The molecule has 0 spiro atoms. The normalized spacial score (nSPS) is 9.29. The zero-order valence-electron chi connectivity index (χ0n) is 9.76. The van der Waals surface area contributed by atoms with Crippen LogP contribution in [0.2, 0.25) is 0 Å². The zero-order valence-corrected chi connectivity index (χ0v) is 9.76. The topological polar surface area (TPSA) is 84.7 Å². The number of nitrogens with two attached hydrogens (primary N) is 1. The standard InChI is InChI=1S/C10H9N3O.C2H7N/c14-6-4-10-12-7-9(13-10)8-3-1-2-5-11-8;1-2-3/h1-3,5-7H,4H2,(H,12,13);2-3H2,1H3. The molecular weight excluding hydrogens is 216 g/mol. The molecule has 2 aromatic heterocycles. The molecule has 0 amide bonds. The highest BCUT2D eigenvalue weighted by atomic mass is 16.1. The number of aldehydes is 1. The summed E-state index contributed by atoms with van der Waals surface area (Å²) in [6.45, 7) is 2.65. The van der Waals surface area contributed by atoms with E-state index in [2.05, 4.69) is 15.0 Å². The van der Waals surface area contributed by atoms with E-state index >= 15 is 0 Å². The molecule has 90 valence electrons. The number of nitrogens with zero attached hydrogens (tertiary/aromatic N) is 2. The first-order chi connectivity index (χ1) is 8.31. The maximum absolute atomic E-state index is 10.2. The smallest absolute Gasteiger partial charge is 0.127 e. The van der Waals surface area contributed by atoms with Crippen molar-refractivity contribution in [3.63, 3.8) is 0 Å². The van der Waals surface area contributed by atoms with E-state index in [0.29, 0.717) is 12.2 Å². The van der Waals surface area contributed by atoms with E-state index in [1.165, 1.54) is 0 Å². The Balaban J connectivity index is 0.000000437. The maximum atomic E-state index is 10.2. The number of hydrogen-bond donors (Lipinski definition) is 2. The highest BCUT2D eigenvalue weighted by Gasteiger charge is 2.02. The van der Waals surface area contributed by atoms with Gasteiger partial charge in [-0.15, -0.1) is 0 Å². The van der Waals surface area contributed by atoms with Gasteiger partial charge in [0, 0.05) is 6.20 Å². The first kappa shape index (κ1) is 13.1. The summed E-state index contributed by atoms with van der Waals surface area (Å²) in [7, 11) is 0. The Kier molecular flexibility index (Phi) is 5.60. The van der Waals surface area contributed by atoms with Crippen molar-refractivity contribution in [1.29, 1.82) is 0 Å². The summed E-state index contributed by atoms with van der Waals surface area (Å²) in [5.74, 6) is 0.667. The molecule has 0 fully saturated rings. The molecule has 0 bridgehead atoms. The predicted molar refractivity (Wildman–Crippen MR) is 66.3 cm³/mol. The van der Waals surface area contributed by atoms with Crippen LogP contribution >= 0.6 is 0 Å². The molecule has 0 saturated heterocycles. The van der Waals surface area contributed by atoms with Gasteiger partial charge in [0.05, 0.1) is 24.0 Å². The van der Waals surface area contributed by atoms with Gasteiger partial charge in [-0.25, -0.2) is 4.98 Å². The van der Waals surface area contributed by atoms with Crippen molar-refractivity contribution in [2.75, 3.05) is 6.54 Å². The van der Waals surface area contributed by atoms with Crippen LogP contribution < -0.4 is 5.73 Å². The van der Waals surface area contributed by atoms with E-state index in [4.69, 9.17) is 5.73 Å². The lowest BCUT2D eigenvalue weighted by Crippen LogP contribution is -1.88. The number of aromatic nitrogens is 3. The number of nitrogens with one attached hydrogen (secondary N) is 1. The van der Waals surface area contributed by atoms with Crippen LogP contribution in [0.15, 0.2) is 30.6 Å². The Bertz CT molecular complexity index is 439. The summed E-state index contributed by atoms with van der Waals surface area (Å²) in [4.78, 5) is 21.5. The van der Waals surface area contributed by atoms with Crippen LogP contribution in [0, 0.1) is 0 Å². The summed E-state index contributed by atoms with van der Waals surface area (Å²) in [6, 6.07) is 5.65. The molecule has 0 aromatic carbocycles. The predicted octanol–water partition coefficient (Wildman–Crippen LogP) is 1.18. The average Bonchev–Trinajstić information content (AvgIpc) is 2.80. The Morgan fingerprint density at radius 1 is 1.41 bits per heavy atom. The molecule has 0 aliphatic carbocycles. The van der Waals surface area contributed by atoms with E-state index in [1.54, 1.807) is 12.4 Å². The van der Waals surface area contributed by atoms with E-state index in [0.717, 1.165) is 24.2 Å². The van der Waals surface area contributed by atoms with Crippen molar-refractivity contribution in [3.8, 4) is 11.4 Å². The van der Waals surface area contributed by atoms with Gasteiger partial charge < -0.3 is 15.5 Å². The van der Waals surface area contributed by atoms with Gasteiger partial charge in [0.25, 0.3) is 0 Å². The Morgan fingerprint density at radius 2 is 2.18 bits per heavy atom. The highest BCUT2D eigenvalue weighted by Crippen LogP contribution is 2.12. The fourth-order valence-corrected chi connectivity index (χ4v) is 1.20. The second-order valence-electron chi connectivity index (χ2n) is 3.24. The maximum Gasteiger partial charge on any atom is 0.127 e. The van der Waals surface area contributed by atoms with Crippen LogP contribution in [0.5, 0.6) is 0 Å². The third-order valence-electron chi connectivity index (χ3n) is 1.85. The highest BCUT2D eigenvalue weighted by molar-refractivity contribution is 5.56. The third kappa shape index (κ3) is 4.16. The lowest BCUT2D eigenvalue weighted by atomic mass is 10.3. The van der Waals surface area contributed by atoms with Crippen LogP contribution in [-0.4, -0.2) is 27.8 Å². The van der Waals surface area contributed by atoms with Crippen molar-refractivity contribution in [2.24, 2.45) is 5.73 Å². The quantitative estimate of drug-likeness (QED) is 0.778. The fraction of sp³-hybridized carbons (Fsp3) is 0.250. The first-order valence-electron chi connectivity index (χ1n) is 5.40. The average molecular weight is 232 g/mol. The largest absolute Gasteiger partial charge is 0.340 e. The number of hydrogen-bond acceptors (Lipinski definition) is 4.